The number of thiophene rings is 1. The highest BCUT2D eigenvalue weighted by Gasteiger charge is 2.09. The van der Waals surface area contributed by atoms with Crippen LogP contribution in [0.25, 0.3) is 10.1 Å². The minimum Gasteiger partial charge on any atom is -0.369 e. The SMILES string of the molecule is Cc1sc2ccccc2c1CC(N)=O. The fourth-order valence-electron chi connectivity index (χ4n) is 1.62. The first-order chi connectivity index (χ1) is 6.68. The Kier molecular flexibility index (Phi) is 2.25. The lowest BCUT2D eigenvalue weighted by atomic mass is 10.1. The number of nitrogens with two attached hydrogens (primary N) is 1. The standard InChI is InChI=1S/C11H11NOS/c1-7-9(6-11(12)13)8-4-2-3-5-10(8)14-7/h2-5H,6H2,1H3,(H2,12,13). The molecule has 0 atom stereocenters. The van der Waals surface area contributed by atoms with Crippen LogP contribution in [-0.2, 0) is 11.2 Å². The predicted octanol–water partition coefficient (Wildman–Crippen LogP) is 2.24. The highest BCUT2D eigenvalue weighted by atomic mass is 32.1. The molecule has 2 N–H and O–H groups in total. The maximum Gasteiger partial charge on any atom is 0.221 e. The van der Waals surface area contributed by atoms with Crippen molar-refractivity contribution in [3.63, 3.8) is 0 Å². The van der Waals surface area contributed by atoms with Crippen LogP contribution in [0.15, 0.2) is 24.3 Å². The Bertz CT molecular complexity index is 487. The van der Waals surface area contributed by atoms with Gasteiger partial charge >= 0.3 is 0 Å². The van der Waals surface area contributed by atoms with Crippen molar-refractivity contribution in [2.24, 2.45) is 5.73 Å². The fourth-order valence-corrected chi connectivity index (χ4v) is 2.70. The molecule has 0 aliphatic heterocycles. The third-order valence-electron chi connectivity index (χ3n) is 2.25. The van der Waals surface area contributed by atoms with E-state index in [9.17, 15) is 4.79 Å². The van der Waals surface area contributed by atoms with Crippen LogP contribution < -0.4 is 5.73 Å². The third-order valence-corrected chi connectivity index (χ3v) is 3.38. The van der Waals surface area contributed by atoms with E-state index in [1.165, 1.54) is 9.58 Å². The Morgan fingerprint density at radius 1 is 1.43 bits per heavy atom. The maximum atomic E-state index is 10.9. The molecule has 0 fully saturated rings. The zero-order valence-corrected chi connectivity index (χ0v) is 8.73. The van der Waals surface area contributed by atoms with E-state index < -0.39 is 0 Å². The number of amides is 1. The molecule has 14 heavy (non-hydrogen) atoms. The number of carbonyl (C=O) groups excluding carboxylic acids is 1. The molecule has 0 saturated carbocycles. The monoisotopic (exact) mass is 205 g/mol. The van der Waals surface area contributed by atoms with Gasteiger partial charge in [-0.1, -0.05) is 18.2 Å². The molecule has 0 aliphatic rings. The van der Waals surface area contributed by atoms with Crippen molar-refractivity contribution in [3.05, 3.63) is 34.7 Å². The smallest absolute Gasteiger partial charge is 0.221 e. The van der Waals surface area contributed by atoms with Crippen LogP contribution >= 0.6 is 11.3 Å². The lowest BCUT2D eigenvalue weighted by molar-refractivity contribution is -0.117. The van der Waals surface area contributed by atoms with Crippen LogP contribution in [0.5, 0.6) is 0 Å². The van der Waals surface area contributed by atoms with Gasteiger partial charge in [-0.2, -0.15) is 0 Å². The number of rotatable bonds is 2. The molecule has 2 rings (SSSR count). The zero-order valence-electron chi connectivity index (χ0n) is 7.91. The van der Waals surface area contributed by atoms with E-state index in [4.69, 9.17) is 5.73 Å². The zero-order chi connectivity index (χ0) is 10.1. The van der Waals surface area contributed by atoms with Gasteiger partial charge < -0.3 is 5.73 Å². The molecule has 0 bridgehead atoms. The van der Waals surface area contributed by atoms with Crippen molar-refractivity contribution < 1.29 is 4.79 Å². The number of primary amides is 1. The van der Waals surface area contributed by atoms with Gasteiger partial charge in [0.1, 0.15) is 0 Å². The average Bonchev–Trinajstić information content (AvgIpc) is 2.43. The van der Waals surface area contributed by atoms with E-state index in [1.54, 1.807) is 11.3 Å². The van der Waals surface area contributed by atoms with Crippen LogP contribution in [0.3, 0.4) is 0 Å². The molecule has 1 amide bonds. The van der Waals surface area contributed by atoms with E-state index in [-0.39, 0.29) is 5.91 Å². The molecular weight excluding hydrogens is 194 g/mol. The van der Waals surface area contributed by atoms with Crippen molar-refractivity contribution >= 4 is 27.3 Å². The van der Waals surface area contributed by atoms with E-state index in [1.807, 2.05) is 25.1 Å². The molecule has 0 aliphatic carbocycles. The molecule has 2 nitrogen and oxygen atoms in total. The van der Waals surface area contributed by atoms with Gasteiger partial charge in [0, 0.05) is 9.58 Å². The van der Waals surface area contributed by atoms with Gasteiger partial charge in [0.15, 0.2) is 0 Å². The first-order valence-electron chi connectivity index (χ1n) is 4.44. The summed E-state index contributed by atoms with van der Waals surface area (Å²) in [5, 5.41) is 1.16. The van der Waals surface area contributed by atoms with Crippen LogP contribution in [0, 0.1) is 6.92 Å². The summed E-state index contributed by atoms with van der Waals surface area (Å²) in [5.74, 6) is -0.267. The second-order valence-electron chi connectivity index (χ2n) is 3.28. The van der Waals surface area contributed by atoms with Gasteiger partial charge in [0.2, 0.25) is 5.91 Å². The molecule has 72 valence electrons. The fraction of sp³-hybridized carbons (Fsp3) is 0.182. The number of hydrogen-bond acceptors (Lipinski definition) is 2. The minimum absolute atomic E-state index is 0.267. The van der Waals surface area contributed by atoms with Crippen molar-refractivity contribution in [2.75, 3.05) is 0 Å². The first kappa shape index (κ1) is 9.21. The van der Waals surface area contributed by atoms with Crippen molar-refractivity contribution in [1.82, 2.24) is 0 Å². The summed E-state index contributed by atoms with van der Waals surface area (Å²) in [6.07, 6.45) is 0.343. The van der Waals surface area contributed by atoms with Crippen LogP contribution in [0.1, 0.15) is 10.4 Å². The molecule has 0 spiro atoms. The van der Waals surface area contributed by atoms with E-state index in [0.29, 0.717) is 6.42 Å². The number of fused-ring (bicyclic) bond motifs is 1. The van der Waals surface area contributed by atoms with Gasteiger partial charge in [0.05, 0.1) is 6.42 Å². The van der Waals surface area contributed by atoms with Gasteiger partial charge in [-0.3, -0.25) is 4.79 Å². The van der Waals surface area contributed by atoms with Crippen molar-refractivity contribution in [3.8, 4) is 0 Å². The lowest BCUT2D eigenvalue weighted by Gasteiger charge is -1.96. The molecule has 0 saturated heterocycles. The highest BCUT2D eigenvalue weighted by molar-refractivity contribution is 7.19. The summed E-state index contributed by atoms with van der Waals surface area (Å²) in [4.78, 5) is 12.1. The summed E-state index contributed by atoms with van der Waals surface area (Å²) in [6, 6.07) is 8.10. The lowest BCUT2D eigenvalue weighted by Crippen LogP contribution is -2.13. The van der Waals surface area contributed by atoms with Crippen molar-refractivity contribution in [1.29, 1.82) is 0 Å². The number of aryl methyl sites for hydroxylation is 1. The van der Waals surface area contributed by atoms with Crippen LogP contribution in [0.4, 0.5) is 0 Å². The minimum atomic E-state index is -0.267. The molecule has 3 heteroatoms. The predicted molar refractivity (Wildman–Crippen MR) is 59.5 cm³/mol. The summed E-state index contributed by atoms with van der Waals surface area (Å²) >= 11 is 1.71. The van der Waals surface area contributed by atoms with Crippen molar-refractivity contribution in [2.45, 2.75) is 13.3 Å². The topological polar surface area (TPSA) is 43.1 Å². The third kappa shape index (κ3) is 1.51. The molecular formula is C11H11NOS. The second-order valence-corrected chi connectivity index (χ2v) is 4.53. The number of hydrogen-bond donors (Lipinski definition) is 1. The maximum absolute atomic E-state index is 10.9. The quantitative estimate of drug-likeness (QED) is 0.802. The first-order valence-corrected chi connectivity index (χ1v) is 5.25. The number of carbonyl (C=O) groups is 1. The second kappa shape index (κ2) is 3.42. The molecule has 1 heterocycles. The van der Waals surface area contributed by atoms with Gasteiger partial charge in [-0.05, 0) is 23.9 Å². The molecule has 0 unspecified atom stereocenters. The van der Waals surface area contributed by atoms with Gasteiger partial charge in [0.25, 0.3) is 0 Å². The molecule has 0 radical (unpaired) electrons. The normalized spacial score (nSPS) is 10.6. The Balaban J connectivity index is 2.62. The number of benzene rings is 1. The largest absolute Gasteiger partial charge is 0.369 e. The van der Waals surface area contributed by atoms with Gasteiger partial charge in [-0.25, -0.2) is 0 Å². The van der Waals surface area contributed by atoms with Gasteiger partial charge in [-0.15, -0.1) is 11.3 Å². The molecule has 2 aromatic rings. The van der Waals surface area contributed by atoms with E-state index in [0.717, 1.165) is 10.9 Å². The Morgan fingerprint density at radius 3 is 2.86 bits per heavy atom. The summed E-state index contributed by atoms with van der Waals surface area (Å²) in [7, 11) is 0. The summed E-state index contributed by atoms with van der Waals surface area (Å²) in [6.45, 7) is 2.03. The summed E-state index contributed by atoms with van der Waals surface area (Å²) < 4.78 is 1.22. The molecule has 1 aromatic carbocycles. The highest BCUT2D eigenvalue weighted by Crippen LogP contribution is 2.30. The van der Waals surface area contributed by atoms with E-state index >= 15 is 0 Å². The van der Waals surface area contributed by atoms with Crippen LogP contribution in [0.2, 0.25) is 0 Å². The summed E-state index contributed by atoms with van der Waals surface area (Å²) in [5.41, 5.74) is 6.29. The van der Waals surface area contributed by atoms with E-state index in [2.05, 4.69) is 6.07 Å². The van der Waals surface area contributed by atoms with Crippen LogP contribution in [-0.4, -0.2) is 5.91 Å². The Hall–Kier alpha value is -1.35. The molecule has 1 aromatic heterocycles. The Labute approximate surface area is 86.3 Å². The Morgan fingerprint density at radius 2 is 2.14 bits per heavy atom. The average molecular weight is 205 g/mol.